The molecule has 0 radical (unpaired) electrons. The maximum Gasteiger partial charge on any atom is 0.508 e. The number of aliphatic hydroxyl groups is 3. The van der Waals surface area contributed by atoms with E-state index in [1.807, 2.05) is 18.2 Å². The standard InChI is InChI=1S/C38H57N4O15PS2/c1-24(44)40-31-33(47)32(46)27(21-43)56-36(31)52-20-12-10-16-30(59)39-18-11-5-3-4-9-15-26-34(57-58(50,60)51-2)28(55-35(26)42-19-17-29(45)41-37(42)48)23-54-38(49)53-22-25-13-7-6-8-14-25/h6-8,13-14,17,19,26-28,31-36,43,46-47H,3-5,9-12,15-16,18,20-23H2,1-2H3,(H,39,59)(H,40,44)(H,50,60)(H,41,45,48)/t26-,27+,28+,31+,32-,33+,34?,35+,36+,58?/m0/s1. The number of aromatic nitrogens is 2. The van der Waals surface area contributed by atoms with Crippen LogP contribution in [0.4, 0.5) is 4.79 Å². The summed E-state index contributed by atoms with van der Waals surface area (Å²) in [6, 6.07) is 9.24. The molecule has 0 aliphatic carbocycles. The molecule has 0 bridgehead atoms. The van der Waals surface area contributed by atoms with Crippen LogP contribution in [0.1, 0.15) is 76.5 Å². The quantitative estimate of drug-likeness (QED) is 0.0344. The minimum Gasteiger partial charge on any atom is -0.431 e. The summed E-state index contributed by atoms with van der Waals surface area (Å²) < 4.78 is 40.4. The molecule has 7 N–H and O–H groups in total. The number of aromatic amines is 1. The van der Waals surface area contributed by atoms with Crippen molar-refractivity contribution in [3.63, 3.8) is 0 Å². The lowest BCUT2D eigenvalue weighted by molar-refractivity contribution is -0.270. The van der Waals surface area contributed by atoms with Crippen molar-refractivity contribution in [3.05, 3.63) is 69.0 Å². The first-order chi connectivity index (χ1) is 28.7. The van der Waals surface area contributed by atoms with Gasteiger partial charge in [0.1, 0.15) is 56.0 Å². The zero-order chi connectivity index (χ0) is 43.7. The molecule has 2 unspecified atom stereocenters. The van der Waals surface area contributed by atoms with Crippen molar-refractivity contribution in [1.29, 1.82) is 0 Å². The lowest BCUT2D eigenvalue weighted by atomic mass is 9.93. The second-order valence-corrected chi connectivity index (χ2v) is 17.9. The number of hydrogen-bond acceptors (Lipinski definition) is 16. The van der Waals surface area contributed by atoms with Gasteiger partial charge >= 0.3 is 18.6 Å². The van der Waals surface area contributed by atoms with Gasteiger partial charge in [0.25, 0.3) is 5.56 Å². The number of rotatable bonds is 24. The molecule has 2 aromatic rings. The molecule has 22 heteroatoms. The second-order valence-electron chi connectivity index (χ2n) is 14.5. The summed E-state index contributed by atoms with van der Waals surface area (Å²) in [5.41, 5.74) is -0.533. The number of aliphatic hydroxyl groups excluding tert-OH is 3. The molecule has 3 heterocycles. The van der Waals surface area contributed by atoms with Crippen LogP contribution in [0, 0.1) is 5.92 Å². The van der Waals surface area contributed by atoms with Gasteiger partial charge in [0.2, 0.25) is 5.91 Å². The minimum absolute atomic E-state index is 0.0145. The number of benzene rings is 1. The topological polar surface area (TPSA) is 259 Å². The lowest BCUT2D eigenvalue weighted by Crippen LogP contribution is -2.64. The van der Waals surface area contributed by atoms with E-state index in [4.69, 9.17) is 56.8 Å². The first-order valence-corrected chi connectivity index (χ1v) is 22.9. The highest BCUT2D eigenvalue weighted by Crippen LogP contribution is 2.50. The number of nitrogens with one attached hydrogen (secondary N) is 3. The number of ether oxygens (including phenoxy) is 5. The van der Waals surface area contributed by atoms with E-state index in [9.17, 15) is 39.4 Å². The molecule has 0 saturated carbocycles. The predicted octanol–water partition coefficient (Wildman–Crippen LogP) is 2.04. The van der Waals surface area contributed by atoms with Crippen LogP contribution in [-0.2, 0) is 55.9 Å². The molecule has 2 aliphatic rings. The number of carbonyl (C=O) groups is 2. The molecule has 2 fully saturated rings. The van der Waals surface area contributed by atoms with Gasteiger partial charge in [0.05, 0.1) is 11.6 Å². The molecular weight excluding hydrogens is 848 g/mol. The van der Waals surface area contributed by atoms with Crippen LogP contribution in [-0.4, -0.2) is 123 Å². The highest BCUT2D eigenvalue weighted by Gasteiger charge is 2.49. The number of carbonyl (C=O) groups excluding carboxylic acids is 2. The Labute approximate surface area is 358 Å². The Balaban J connectivity index is 1.21. The van der Waals surface area contributed by atoms with E-state index in [1.54, 1.807) is 12.1 Å². The van der Waals surface area contributed by atoms with Crippen LogP contribution >= 0.6 is 18.9 Å². The van der Waals surface area contributed by atoms with Crippen molar-refractivity contribution in [1.82, 2.24) is 20.2 Å². The average Bonchev–Trinajstić information content (AvgIpc) is 3.54. The van der Waals surface area contributed by atoms with Crippen LogP contribution in [0.25, 0.3) is 0 Å². The average molecular weight is 905 g/mol. The number of nitrogens with zero attached hydrogens (tertiary/aromatic N) is 1. The van der Waals surface area contributed by atoms with Crippen molar-refractivity contribution in [2.45, 2.75) is 120 Å². The summed E-state index contributed by atoms with van der Waals surface area (Å²) in [6.07, 6.45) is -0.813. The third-order valence-electron chi connectivity index (χ3n) is 10.0. The van der Waals surface area contributed by atoms with E-state index in [0.29, 0.717) is 43.6 Å². The number of H-pyrrole nitrogens is 1. The van der Waals surface area contributed by atoms with Gasteiger partial charge in [-0.25, -0.2) is 9.59 Å². The van der Waals surface area contributed by atoms with Crippen LogP contribution in [0.5, 0.6) is 0 Å². The van der Waals surface area contributed by atoms with E-state index >= 15 is 0 Å². The van der Waals surface area contributed by atoms with E-state index in [2.05, 4.69) is 15.6 Å². The van der Waals surface area contributed by atoms with Gasteiger partial charge in [-0.15, -0.1) is 0 Å². The minimum atomic E-state index is -3.76. The Morgan fingerprint density at radius 3 is 2.40 bits per heavy atom. The molecule has 19 nitrogen and oxygen atoms in total. The molecule has 2 saturated heterocycles. The fourth-order valence-corrected chi connectivity index (χ4v) is 8.17. The Hall–Kier alpha value is -3.18. The van der Waals surface area contributed by atoms with Crippen molar-refractivity contribution < 1.29 is 62.5 Å². The first-order valence-electron chi connectivity index (χ1n) is 19.9. The summed E-state index contributed by atoms with van der Waals surface area (Å²) in [7, 11) is 1.22. The monoisotopic (exact) mass is 904 g/mol. The number of hydrogen-bond donors (Lipinski definition) is 7. The van der Waals surface area contributed by atoms with Gasteiger partial charge in [-0.05, 0) is 49.5 Å². The van der Waals surface area contributed by atoms with Gasteiger partial charge in [-0.3, -0.25) is 19.1 Å². The van der Waals surface area contributed by atoms with Crippen molar-refractivity contribution in [3.8, 4) is 0 Å². The summed E-state index contributed by atoms with van der Waals surface area (Å²) in [4.78, 5) is 62.5. The smallest absolute Gasteiger partial charge is 0.431 e. The van der Waals surface area contributed by atoms with E-state index < -0.39 is 91.6 Å². The Morgan fingerprint density at radius 2 is 1.70 bits per heavy atom. The summed E-state index contributed by atoms with van der Waals surface area (Å²) in [6.45, 7) is -2.44. The van der Waals surface area contributed by atoms with Gasteiger partial charge in [-0.1, -0.05) is 68.2 Å². The number of thiocarbonyl (C=S) groups is 1. The van der Waals surface area contributed by atoms with Crippen LogP contribution in [0.15, 0.2) is 52.2 Å². The lowest BCUT2D eigenvalue weighted by Gasteiger charge is -2.42. The van der Waals surface area contributed by atoms with Crippen LogP contribution in [0.3, 0.4) is 0 Å². The third-order valence-corrected chi connectivity index (χ3v) is 12.0. The predicted molar refractivity (Wildman–Crippen MR) is 223 cm³/mol. The third kappa shape index (κ3) is 15.6. The van der Waals surface area contributed by atoms with E-state index in [-0.39, 0.29) is 19.8 Å². The van der Waals surface area contributed by atoms with Gasteiger partial charge < -0.3 is 63.6 Å². The fraction of sp³-hybridized carbons (Fsp3) is 0.658. The molecule has 1 amide bonds. The second kappa shape index (κ2) is 25.1. The summed E-state index contributed by atoms with van der Waals surface area (Å²) in [5, 5.41) is 35.9. The molecule has 10 atom stereocenters. The van der Waals surface area contributed by atoms with E-state index in [1.165, 1.54) is 30.9 Å². The summed E-state index contributed by atoms with van der Waals surface area (Å²) in [5.74, 6) is -0.992. The molecule has 1 aromatic carbocycles. The highest BCUT2D eigenvalue weighted by molar-refractivity contribution is 8.07. The largest absolute Gasteiger partial charge is 0.508 e. The van der Waals surface area contributed by atoms with Gasteiger partial charge in [-0.2, -0.15) is 0 Å². The van der Waals surface area contributed by atoms with E-state index in [0.717, 1.165) is 31.2 Å². The number of unbranched alkanes of at least 4 members (excludes halogenated alkanes) is 5. The number of amides is 1. The van der Waals surface area contributed by atoms with Gasteiger partial charge in [0.15, 0.2) is 6.29 Å². The van der Waals surface area contributed by atoms with Crippen molar-refractivity contribution >= 4 is 47.8 Å². The SMILES string of the molecule is COP(O)(=S)OC1[C@@H](COC(=O)OCc2ccccc2)O[C@@H](n2ccc(=O)[nH]c2=O)[C@H]1CCCCCCCNC(=S)CCCCO[C@@H]1O[C@H](CO)[C@H](O)[C@H](O)[C@H]1NC(C)=O. The Morgan fingerprint density at radius 1 is 0.967 bits per heavy atom. The first kappa shape index (κ1) is 49.5. The molecule has 1 aromatic heterocycles. The van der Waals surface area contributed by atoms with Crippen molar-refractivity contribution in [2.24, 2.45) is 5.92 Å². The molecule has 2 aliphatic heterocycles. The maximum absolute atomic E-state index is 12.9. The molecule has 60 heavy (non-hydrogen) atoms. The zero-order valence-corrected chi connectivity index (χ0v) is 36.2. The normalized spacial score (nSPS) is 26.2. The molecule has 336 valence electrons. The molecule has 0 spiro atoms. The van der Waals surface area contributed by atoms with Gasteiger partial charge in [0, 0.05) is 45.4 Å². The van der Waals surface area contributed by atoms with Crippen LogP contribution < -0.4 is 21.9 Å². The Kier molecular flexibility index (Phi) is 20.7. The van der Waals surface area contributed by atoms with Crippen molar-refractivity contribution in [2.75, 3.05) is 33.5 Å². The summed E-state index contributed by atoms with van der Waals surface area (Å²) >= 11 is 10.7. The molecule has 4 rings (SSSR count). The van der Waals surface area contributed by atoms with Crippen LogP contribution in [0.2, 0.25) is 0 Å². The molecular formula is C38H57N4O15PS2. The Bertz CT molecular complexity index is 1820. The fourth-order valence-electron chi connectivity index (χ4n) is 6.94. The highest BCUT2D eigenvalue weighted by atomic mass is 32.5. The zero-order valence-electron chi connectivity index (χ0n) is 33.6. The maximum atomic E-state index is 12.9.